The van der Waals surface area contributed by atoms with Gasteiger partial charge in [-0.3, -0.25) is 4.79 Å². The summed E-state index contributed by atoms with van der Waals surface area (Å²) in [4.78, 5) is 18.1. The van der Waals surface area contributed by atoms with Crippen molar-refractivity contribution in [3.8, 4) is 0 Å². The highest BCUT2D eigenvalue weighted by Gasteiger charge is 2.19. The summed E-state index contributed by atoms with van der Waals surface area (Å²) in [6.45, 7) is 7.19. The molecule has 1 amide bonds. The summed E-state index contributed by atoms with van der Waals surface area (Å²) in [6, 6.07) is 20.5. The zero-order chi connectivity index (χ0) is 21.1. The standard InChI is InChI=1S/C25H27N3OS/c1-4-17(2)20-13-11-19(12-14-20)16-28-22-9-6-5-8-21(22)27-24(28)18(3)26-25(29)23-10-7-15-30-23/h5-15,17-18H,4,16H2,1-3H3,(H,26,29). The predicted octanol–water partition coefficient (Wildman–Crippen LogP) is 6.15. The number of nitrogens with zero attached hydrogens (tertiary/aromatic N) is 2. The molecule has 0 saturated carbocycles. The minimum Gasteiger partial charge on any atom is -0.342 e. The molecule has 0 fully saturated rings. The summed E-state index contributed by atoms with van der Waals surface area (Å²) < 4.78 is 2.22. The van der Waals surface area contributed by atoms with Crippen LogP contribution in [0.25, 0.3) is 11.0 Å². The van der Waals surface area contributed by atoms with Crippen LogP contribution in [0.15, 0.2) is 66.0 Å². The van der Waals surface area contributed by atoms with E-state index in [-0.39, 0.29) is 11.9 Å². The molecule has 0 bridgehead atoms. The van der Waals surface area contributed by atoms with Gasteiger partial charge in [0.2, 0.25) is 0 Å². The average molecular weight is 418 g/mol. The van der Waals surface area contributed by atoms with E-state index in [1.54, 1.807) is 0 Å². The van der Waals surface area contributed by atoms with Crippen LogP contribution in [0.1, 0.15) is 65.8 Å². The van der Waals surface area contributed by atoms with E-state index in [0.29, 0.717) is 10.8 Å². The Kier molecular flexibility index (Phi) is 6.00. The third kappa shape index (κ3) is 4.17. The van der Waals surface area contributed by atoms with Crippen LogP contribution < -0.4 is 5.32 Å². The number of carbonyl (C=O) groups excluding carboxylic acids is 1. The highest BCUT2D eigenvalue weighted by atomic mass is 32.1. The topological polar surface area (TPSA) is 46.9 Å². The highest BCUT2D eigenvalue weighted by Crippen LogP contribution is 2.24. The predicted molar refractivity (Wildman–Crippen MR) is 124 cm³/mol. The number of imidazole rings is 1. The zero-order valence-electron chi connectivity index (χ0n) is 17.6. The van der Waals surface area contributed by atoms with Gasteiger partial charge in [-0.15, -0.1) is 11.3 Å². The molecule has 4 nitrogen and oxygen atoms in total. The highest BCUT2D eigenvalue weighted by molar-refractivity contribution is 7.12. The lowest BCUT2D eigenvalue weighted by atomic mass is 9.97. The Balaban J connectivity index is 1.64. The minimum absolute atomic E-state index is 0.0611. The second kappa shape index (κ2) is 8.84. The van der Waals surface area contributed by atoms with Gasteiger partial charge in [0.15, 0.2) is 0 Å². The van der Waals surface area contributed by atoms with Crippen molar-refractivity contribution in [2.24, 2.45) is 0 Å². The van der Waals surface area contributed by atoms with Crippen molar-refractivity contribution in [1.29, 1.82) is 0 Å². The van der Waals surface area contributed by atoms with Crippen LogP contribution in [0.2, 0.25) is 0 Å². The monoisotopic (exact) mass is 417 g/mol. The molecule has 0 aliphatic carbocycles. The van der Waals surface area contributed by atoms with E-state index in [4.69, 9.17) is 4.98 Å². The number of benzene rings is 2. The number of nitrogens with one attached hydrogen (secondary N) is 1. The second-order valence-corrected chi connectivity index (χ2v) is 8.72. The van der Waals surface area contributed by atoms with Crippen LogP contribution in [-0.2, 0) is 6.54 Å². The molecule has 0 aliphatic rings. The molecule has 0 radical (unpaired) electrons. The molecule has 4 aromatic rings. The number of hydrogen-bond donors (Lipinski definition) is 1. The van der Waals surface area contributed by atoms with Crippen molar-refractivity contribution >= 4 is 28.3 Å². The van der Waals surface area contributed by atoms with Gasteiger partial charge in [0.05, 0.1) is 22.0 Å². The Bertz CT molecular complexity index is 1130. The first-order chi connectivity index (χ1) is 14.6. The van der Waals surface area contributed by atoms with E-state index in [0.717, 1.165) is 29.8 Å². The Labute approximate surface area is 181 Å². The van der Waals surface area contributed by atoms with Crippen LogP contribution in [0.3, 0.4) is 0 Å². The van der Waals surface area contributed by atoms with Gasteiger partial charge in [0.1, 0.15) is 5.82 Å². The fraction of sp³-hybridized carbons (Fsp3) is 0.280. The summed E-state index contributed by atoms with van der Waals surface area (Å²) in [7, 11) is 0. The molecule has 0 aliphatic heterocycles. The van der Waals surface area contributed by atoms with Crippen LogP contribution in [-0.4, -0.2) is 15.5 Å². The number of para-hydroxylation sites is 2. The maximum Gasteiger partial charge on any atom is 0.261 e. The lowest BCUT2D eigenvalue weighted by molar-refractivity contribution is 0.0942. The third-order valence-electron chi connectivity index (χ3n) is 5.67. The molecular weight excluding hydrogens is 390 g/mol. The molecule has 4 rings (SSSR count). The first kappa shape index (κ1) is 20.4. The van der Waals surface area contributed by atoms with Gasteiger partial charge < -0.3 is 9.88 Å². The van der Waals surface area contributed by atoms with Crippen molar-refractivity contribution in [1.82, 2.24) is 14.9 Å². The Morgan fingerprint density at radius 2 is 1.83 bits per heavy atom. The summed E-state index contributed by atoms with van der Waals surface area (Å²) in [5.41, 5.74) is 4.62. The first-order valence-corrected chi connectivity index (χ1v) is 11.3. The molecule has 2 aromatic heterocycles. The molecular formula is C25H27N3OS. The van der Waals surface area contributed by atoms with Gasteiger partial charge in [-0.1, -0.05) is 56.3 Å². The lowest BCUT2D eigenvalue weighted by Crippen LogP contribution is -2.28. The molecule has 1 N–H and O–H groups in total. The van der Waals surface area contributed by atoms with Gasteiger partial charge in [-0.2, -0.15) is 0 Å². The maximum atomic E-state index is 12.6. The lowest BCUT2D eigenvalue weighted by Gasteiger charge is -2.17. The van der Waals surface area contributed by atoms with E-state index in [2.05, 4.69) is 54.1 Å². The normalized spacial score (nSPS) is 13.3. The molecule has 0 spiro atoms. The number of amides is 1. The molecule has 154 valence electrons. The van der Waals surface area contributed by atoms with Gasteiger partial charge in [0, 0.05) is 6.54 Å². The summed E-state index contributed by atoms with van der Waals surface area (Å²) >= 11 is 1.45. The van der Waals surface area contributed by atoms with E-state index in [1.165, 1.54) is 22.5 Å². The number of aromatic nitrogens is 2. The van der Waals surface area contributed by atoms with Gasteiger partial charge in [-0.25, -0.2) is 4.98 Å². The van der Waals surface area contributed by atoms with Crippen molar-refractivity contribution in [3.05, 3.63) is 87.9 Å². The van der Waals surface area contributed by atoms with Crippen LogP contribution in [0.4, 0.5) is 0 Å². The number of hydrogen-bond acceptors (Lipinski definition) is 3. The molecule has 2 aromatic carbocycles. The van der Waals surface area contributed by atoms with Crippen molar-refractivity contribution in [2.45, 2.75) is 45.7 Å². The van der Waals surface area contributed by atoms with Gasteiger partial charge >= 0.3 is 0 Å². The molecule has 2 heterocycles. The minimum atomic E-state index is -0.202. The first-order valence-electron chi connectivity index (χ1n) is 10.4. The SMILES string of the molecule is CCC(C)c1ccc(Cn2c(C(C)NC(=O)c3cccs3)nc3ccccc32)cc1. The summed E-state index contributed by atoms with van der Waals surface area (Å²) in [6.07, 6.45) is 1.14. The van der Waals surface area contributed by atoms with Gasteiger partial charge in [0.25, 0.3) is 5.91 Å². The second-order valence-electron chi connectivity index (χ2n) is 7.77. The van der Waals surface area contributed by atoms with Crippen LogP contribution >= 0.6 is 11.3 Å². The number of rotatable bonds is 7. The molecule has 2 unspecified atom stereocenters. The van der Waals surface area contributed by atoms with E-state index < -0.39 is 0 Å². The number of thiophene rings is 1. The Morgan fingerprint density at radius 1 is 1.07 bits per heavy atom. The van der Waals surface area contributed by atoms with Crippen molar-refractivity contribution < 1.29 is 4.79 Å². The summed E-state index contributed by atoms with van der Waals surface area (Å²) in [5, 5.41) is 5.02. The third-order valence-corrected chi connectivity index (χ3v) is 6.53. The molecule has 5 heteroatoms. The maximum absolute atomic E-state index is 12.6. The van der Waals surface area contributed by atoms with Crippen LogP contribution in [0, 0.1) is 0 Å². The average Bonchev–Trinajstić information content (AvgIpc) is 3.43. The molecule has 0 saturated heterocycles. The zero-order valence-corrected chi connectivity index (χ0v) is 18.4. The van der Waals surface area contributed by atoms with Crippen LogP contribution in [0.5, 0.6) is 0 Å². The Morgan fingerprint density at radius 3 is 2.53 bits per heavy atom. The fourth-order valence-corrected chi connectivity index (χ4v) is 4.33. The quantitative estimate of drug-likeness (QED) is 0.392. The Hall–Kier alpha value is -2.92. The summed E-state index contributed by atoms with van der Waals surface area (Å²) in [5.74, 6) is 1.37. The van der Waals surface area contributed by atoms with Crippen molar-refractivity contribution in [3.63, 3.8) is 0 Å². The molecule has 2 atom stereocenters. The largest absolute Gasteiger partial charge is 0.342 e. The van der Waals surface area contributed by atoms with Gasteiger partial charge in [-0.05, 0) is 54.0 Å². The van der Waals surface area contributed by atoms with E-state index in [9.17, 15) is 4.79 Å². The van der Waals surface area contributed by atoms with Crippen molar-refractivity contribution in [2.75, 3.05) is 0 Å². The smallest absolute Gasteiger partial charge is 0.261 e. The number of carbonyl (C=O) groups is 1. The number of fused-ring (bicyclic) bond motifs is 1. The fourth-order valence-electron chi connectivity index (χ4n) is 3.70. The van der Waals surface area contributed by atoms with E-state index >= 15 is 0 Å². The van der Waals surface area contributed by atoms with E-state index in [1.807, 2.05) is 42.6 Å². The molecule has 30 heavy (non-hydrogen) atoms.